The van der Waals surface area contributed by atoms with Crippen LogP contribution in [0.3, 0.4) is 0 Å². The molecule has 2 rings (SSSR count). The molecule has 0 aliphatic carbocycles. The van der Waals surface area contributed by atoms with Crippen molar-refractivity contribution in [3.05, 3.63) is 24.3 Å². The molecule has 0 aliphatic rings. The molecule has 2 aromatic rings. The van der Waals surface area contributed by atoms with E-state index >= 15 is 0 Å². The van der Waals surface area contributed by atoms with Crippen molar-refractivity contribution in [2.24, 2.45) is 5.10 Å². The number of carboxylic acid groups (broad SMARTS) is 1. The maximum atomic E-state index is 10.4. The highest BCUT2D eigenvalue weighted by molar-refractivity contribution is 7.22. The lowest BCUT2D eigenvalue weighted by Gasteiger charge is -1.96. The van der Waals surface area contributed by atoms with Crippen molar-refractivity contribution >= 4 is 38.4 Å². The molecule has 0 unspecified atom stereocenters. The molecule has 0 atom stereocenters. The van der Waals surface area contributed by atoms with Gasteiger partial charge in [-0.25, -0.2) is 4.98 Å². The first-order chi connectivity index (χ1) is 8.15. The number of fused-ring (bicyclic) bond motifs is 1. The maximum Gasteiger partial charge on any atom is 0.309 e. The third kappa shape index (κ3) is 3.01. The van der Waals surface area contributed by atoms with Crippen LogP contribution in [-0.2, 0) is 4.79 Å². The number of hydrogen-bond acceptors (Lipinski definition) is 5. The van der Waals surface area contributed by atoms with Gasteiger partial charge in [0.25, 0.3) is 0 Å². The van der Waals surface area contributed by atoms with Gasteiger partial charge in [0.1, 0.15) is 0 Å². The zero-order valence-electron chi connectivity index (χ0n) is 9.17. The van der Waals surface area contributed by atoms with Crippen LogP contribution in [0.1, 0.15) is 13.3 Å². The Morgan fingerprint density at radius 1 is 1.53 bits per heavy atom. The molecule has 5 nitrogen and oxygen atoms in total. The third-order valence-corrected chi connectivity index (χ3v) is 2.98. The van der Waals surface area contributed by atoms with Crippen LogP contribution < -0.4 is 5.43 Å². The maximum absolute atomic E-state index is 10.4. The van der Waals surface area contributed by atoms with E-state index in [-0.39, 0.29) is 6.42 Å². The molecule has 0 saturated heterocycles. The lowest BCUT2D eigenvalue weighted by molar-refractivity contribution is -0.135. The van der Waals surface area contributed by atoms with Gasteiger partial charge < -0.3 is 5.11 Å². The molecule has 1 aromatic carbocycles. The van der Waals surface area contributed by atoms with Crippen molar-refractivity contribution in [3.63, 3.8) is 0 Å². The van der Waals surface area contributed by atoms with Crippen LogP contribution in [0.5, 0.6) is 0 Å². The summed E-state index contributed by atoms with van der Waals surface area (Å²) < 4.78 is 1.07. The smallest absolute Gasteiger partial charge is 0.309 e. The van der Waals surface area contributed by atoms with E-state index in [9.17, 15) is 4.79 Å². The minimum absolute atomic E-state index is 0.0715. The van der Waals surface area contributed by atoms with Crippen LogP contribution in [0.4, 0.5) is 5.13 Å². The zero-order chi connectivity index (χ0) is 12.3. The summed E-state index contributed by atoms with van der Waals surface area (Å²) in [5.41, 5.74) is 4.19. The molecule has 0 amide bonds. The van der Waals surface area contributed by atoms with Crippen molar-refractivity contribution in [1.29, 1.82) is 0 Å². The van der Waals surface area contributed by atoms with Gasteiger partial charge in [-0.15, -0.1) is 0 Å². The SMILES string of the molecule is CC(CC(=O)O)=NNc1nc2ccccc2s1. The molecule has 17 heavy (non-hydrogen) atoms. The molecule has 88 valence electrons. The highest BCUT2D eigenvalue weighted by atomic mass is 32.1. The van der Waals surface area contributed by atoms with Crippen LogP contribution >= 0.6 is 11.3 Å². The van der Waals surface area contributed by atoms with Crippen LogP contribution in [-0.4, -0.2) is 21.8 Å². The van der Waals surface area contributed by atoms with Gasteiger partial charge >= 0.3 is 5.97 Å². The largest absolute Gasteiger partial charge is 0.481 e. The highest BCUT2D eigenvalue weighted by Crippen LogP contribution is 2.25. The number of aliphatic carboxylic acids is 1. The van der Waals surface area contributed by atoms with Crippen LogP contribution in [0.25, 0.3) is 10.2 Å². The van der Waals surface area contributed by atoms with Crippen molar-refractivity contribution in [3.8, 4) is 0 Å². The number of hydrogen-bond donors (Lipinski definition) is 2. The van der Waals surface area contributed by atoms with E-state index in [0.717, 1.165) is 10.2 Å². The number of rotatable bonds is 4. The van der Waals surface area contributed by atoms with Gasteiger partial charge in [0.2, 0.25) is 5.13 Å². The van der Waals surface area contributed by atoms with E-state index < -0.39 is 5.97 Å². The molecule has 0 bridgehead atoms. The first kappa shape index (κ1) is 11.5. The quantitative estimate of drug-likeness (QED) is 0.645. The average molecular weight is 249 g/mol. The van der Waals surface area contributed by atoms with E-state index in [2.05, 4.69) is 15.5 Å². The second-order valence-electron chi connectivity index (χ2n) is 3.52. The number of nitrogens with zero attached hydrogens (tertiary/aromatic N) is 2. The minimum atomic E-state index is -0.891. The number of para-hydroxylation sites is 1. The lowest BCUT2D eigenvalue weighted by Crippen LogP contribution is -2.05. The molecule has 0 saturated carbocycles. The summed E-state index contributed by atoms with van der Waals surface area (Å²) >= 11 is 1.48. The number of anilines is 1. The van der Waals surface area contributed by atoms with Crippen molar-refractivity contribution in [1.82, 2.24) is 4.98 Å². The van der Waals surface area contributed by atoms with E-state index in [1.165, 1.54) is 11.3 Å². The monoisotopic (exact) mass is 249 g/mol. The summed E-state index contributed by atoms with van der Waals surface area (Å²) in [7, 11) is 0. The Morgan fingerprint density at radius 3 is 3.00 bits per heavy atom. The summed E-state index contributed by atoms with van der Waals surface area (Å²) in [4.78, 5) is 14.8. The Bertz CT molecular complexity index is 544. The van der Waals surface area contributed by atoms with E-state index in [4.69, 9.17) is 5.11 Å². The predicted octanol–water partition coefficient (Wildman–Crippen LogP) is 2.56. The topological polar surface area (TPSA) is 74.6 Å². The molecule has 0 radical (unpaired) electrons. The fraction of sp³-hybridized carbons (Fsp3) is 0.182. The fourth-order valence-corrected chi connectivity index (χ4v) is 2.13. The summed E-state index contributed by atoms with van der Waals surface area (Å²) in [5.74, 6) is -0.891. The summed E-state index contributed by atoms with van der Waals surface area (Å²) in [5, 5.41) is 13.2. The predicted molar refractivity (Wildman–Crippen MR) is 68.6 cm³/mol. The van der Waals surface area contributed by atoms with Crippen LogP contribution in [0.15, 0.2) is 29.4 Å². The van der Waals surface area contributed by atoms with E-state index in [1.54, 1.807) is 6.92 Å². The first-order valence-electron chi connectivity index (χ1n) is 5.01. The molecule has 0 aliphatic heterocycles. The number of nitrogens with one attached hydrogen (secondary N) is 1. The number of carboxylic acids is 1. The van der Waals surface area contributed by atoms with Gasteiger partial charge in [0.05, 0.1) is 16.6 Å². The van der Waals surface area contributed by atoms with Gasteiger partial charge in [-0.3, -0.25) is 10.2 Å². The Morgan fingerprint density at radius 2 is 2.29 bits per heavy atom. The van der Waals surface area contributed by atoms with E-state index in [0.29, 0.717) is 10.8 Å². The molecular formula is C11H11N3O2S. The number of benzene rings is 1. The summed E-state index contributed by atoms with van der Waals surface area (Å²) in [6.45, 7) is 1.66. The second kappa shape index (κ2) is 4.92. The minimum Gasteiger partial charge on any atom is -0.481 e. The Balaban J connectivity index is 2.11. The summed E-state index contributed by atoms with van der Waals surface area (Å²) in [6, 6.07) is 7.77. The molecular weight excluding hydrogens is 238 g/mol. The Hall–Kier alpha value is -1.95. The first-order valence-corrected chi connectivity index (χ1v) is 5.83. The van der Waals surface area contributed by atoms with Crippen molar-refractivity contribution in [2.75, 3.05) is 5.43 Å². The standard InChI is InChI=1S/C11H11N3O2S/c1-7(6-10(15)16)13-14-11-12-8-4-2-3-5-9(8)17-11/h2-5H,6H2,1H3,(H,12,14)(H,15,16). The summed E-state index contributed by atoms with van der Waals surface area (Å²) in [6.07, 6.45) is -0.0715. The van der Waals surface area contributed by atoms with Gasteiger partial charge in [-0.05, 0) is 19.1 Å². The number of aromatic nitrogens is 1. The normalized spacial score (nSPS) is 11.7. The fourth-order valence-electron chi connectivity index (χ4n) is 1.32. The van der Waals surface area contributed by atoms with Crippen molar-refractivity contribution < 1.29 is 9.90 Å². The second-order valence-corrected chi connectivity index (χ2v) is 4.55. The molecule has 2 N–H and O–H groups in total. The average Bonchev–Trinajstić information content (AvgIpc) is 2.68. The van der Waals surface area contributed by atoms with E-state index in [1.807, 2.05) is 24.3 Å². The molecule has 6 heteroatoms. The molecule has 0 fully saturated rings. The number of carbonyl (C=O) groups is 1. The highest BCUT2D eigenvalue weighted by Gasteiger charge is 2.03. The molecule has 1 aromatic heterocycles. The van der Waals surface area contributed by atoms with Crippen molar-refractivity contribution in [2.45, 2.75) is 13.3 Å². The van der Waals surface area contributed by atoms with Crippen LogP contribution in [0.2, 0.25) is 0 Å². The van der Waals surface area contributed by atoms with Gasteiger partial charge in [0, 0.05) is 5.71 Å². The Labute approximate surface area is 102 Å². The number of hydrazone groups is 1. The molecule has 0 spiro atoms. The van der Waals surface area contributed by atoms with Gasteiger partial charge in [-0.2, -0.15) is 5.10 Å². The third-order valence-electron chi connectivity index (χ3n) is 2.04. The zero-order valence-corrected chi connectivity index (χ0v) is 9.99. The van der Waals surface area contributed by atoms with Gasteiger partial charge in [-0.1, -0.05) is 23.5 Å². The number of thiazole rings is 1. The van der Waals surface area contributed by atoms with Crippen LogP contribution in [0, 0.1) is 0 Å². The van der Waals surface area contributed by atoms with Gasteiger partial charge in [0.15, 0.2) is 0 Å². The Kier molecular flexibility index (Phi) is 3.34. The lowest BCUT2D eigenvalue weighted by atomic mass is 10.3. The molecule has 1 heterocycles.